The number of aromatic nitrogens is 1. The number of nitrogens with zero attached hydrogens (tertiary/aromatic N) is 2. The van der Waals surface area contributed by atoms with E-state index >= 15 is 0 Å². The van der Waals surface area contributed by atoms with Crippen molar-refractivity contribution < 1.29 is 4.79 Å². The second-order valence-corrected chi connectivity index (χ2v) is 6.48. The van der Waals surface area contributed by atoms with Gasteiger partial charge in [-0.2, -0.15) is 0 Å². The van der Waals surface area contributed by atoms with Crippen molar-refractivity contribution in [3.63, 3.8) is 0 Å². The minimum absolute atomic E-state index is 0.0765. The predicted molar refractivity (Wildman–Crippen MR) is 111 cm³/mol. The van der Waals surface area contributed by atoms with Gasteiger partial charge >= 0.3 is 0 Å². The van der Waals surface area contributed by atoms with Gasteiger partial charge in [-0.3, -0.25) is 9.79 Å². The lowest BCUT2D eigenvalue weighted by atomic mass is 10.0. The quantitative estimate of drug-likeness (QED) is 0.495. The Balaban J connectivity index is 1.79. The molecule has 1 amide bonds. The van der Waals surface area contributed by atoms with Crippen molar-refractivity contribution in [2.75, 3.05) is 25.0 Å². The van der Waals surface area contributed by atoms with Gasteiger partial charge in [-0.05, 0) is 31.0 Å². The highest BCUT2D eigenvalue weighted by Crippen LogP contribution is 2.14. The maximum atomic E-state index is 12.0. The number of anilines is 1. The standard InChI is InChI=1S/C21H29N5O/c1-4-22-21(25-15-17(3)18-8-6-5-7-9-18)23-13-12-20(27)26-19-11-10-16(2)14-24-19/h5-11,14,17H,4,12-13,15H2,1-3H3,(H2,22,23,25)(H,24,26,27). The van der Waals surface area contributed by atoms with Gasteiger partial charge in [0.25, 0.3) is 0 Å². The zero-order chi connectivity index (χ0) is 19.5. The molecule has 1 aromatic carbocycles. The number of benzene rings is 1. The molecule has 6 heteroatoms. The first-order valence-electron chi connectivity index (χ1n) is 9.38. The third-order valence-corrected chi connectivity index (χ3v) is 4.06. The lowest BCUT2D eigenvalue weighted by molar-refractivity contribution is -0.116. The van der Waals surface area contributed by atoms with E-state index in [9.17, 15) is 4.79 Å². The monoisotopic (exact) mass is 367 g/mol. The fourth-order valence-electron chi connectivity index (χ4n) is 2.50. The number of carbonyl (C=O) groups excluding carboxylic acids is 1. The number of nitrogens with one attached hydrogen (secondary N) is 3. The van der Waals surface area contributed by atoms with Gasteiger partial charge in [0.1, 0.15) is 5.82 Å². The van der Waals surface area contributed by atoms with Crippen LogP contribution in [0.25, 0.3) is 0 Å². The van der Waals surface area contributed by atoms with Crippen LogP contribution < -0.4 is 16.0 Å². The maximum absolute atomic E-state index is 12.0. The summed E-state index contributed by atoms with van der Waals surface area (Å²) in [7, 11) is 0. The minimum Gasteiger partial charge on any atom is -0.357 e. The van der Waals surface area contributed by atoms with Gasteiger partial charge in [0.05, 0.1) is 0 Å². The average molecular weight is 367 g/mol. The number of aryl methyl sites for hydroxylation is 1. The molecule has 0 saturated heterocycles. The molecule has 0 spiro atoms. The Bertz CT molecular complexity index is 728. The van der Waals surface area contributed by atoms with Crippen LogP contribution in [0.1, 0.15) is 37.3 Å². The van der Waals surface area contributed by atoms with Crippen LogP contribution in [-0.4, -0.2) is 36.5 Å². The van der Waals surface area contributed by atoms with E-state index in [0.29, 0.717) is 31.2 Å². The average Bonchev–Trinajstić information content (AvgIpc) is 2.68. The fraction of sp³-hybridized carbons (Fsp3) is 0.381. The van der Waals surface area contributed by atoms with Crippen LogP contribution in [0, 0.1) is 6.92 Å². The van der Waals surface area contributed by atoms with Crippen LogP contribution in [0.15, 0.2) is 53.7 Å². The Kier molecular flexibility index (Phi) is 8.29. The van der Waals surface area contributed by atoms with E-state index in [-0.39, 0.29) is 5.91 Å². The van der Waals surface area contributed by atoms with Gasteiger partial charge in [-0.1, -0.05) is 43.3 Å². The molecule has 27 heavy (non-hydrogen) atoms. The van der Waals surface area contributed by atoms with E-state index in [4.69, 9.17) is 0 Å². The normalized spacial score (nSPS) is 12.3. The van der Waals surface area contributed by atoms with E-state index in [1.165, 1.54) is 5.56 Å². The van der Waals surface area contributed by atoms with Crippen LogP contribution in [0.4, 0.5) is 5.82 Å². The van der Waals surface area contributed by atoms with Crippen molar-refractivity contribution in [2.24, 2.45) is 4.99 Å². The molecule has 3 N–H and O–H groups in total. The van der Waals surface area contributed by atoms with Gasteiger partial charge < -0.3 is 16.0 Å². The molecule has 2 aromatic rings. The van der Waals surface area contributed by atoms with Crippen LogP contribution in [0.5, 0.6) is 0 Å². The number of amides is 1. The van der Waals surface area contributed by atoms with E-state index in [1.807, 2.05) is 38.1 Å². The number of carbonyl (C=O) groups is 1. The summed E-state index contributed by atoms with van der Waals surface area (Å²) in [5.41, 5.74) is 2.33. The second-order valence-electron chi connectivity index (χ2n) is 6.48. The number of guanidine groups is 1. The van der Waals surface area contributed by atoms with Crippen molar-refractivity contribution in [1.29, 1.82) is 0 Å². The van der Waals surface area contributed by atoms with Crippen LogP contribution >= 0.6 is 0 Å². The zero-order valence-electron chi connectivity index (χ0n) is 16.3. The molecule has 0 radical (unpaired) electrons. The Morgan fingerprint density at radius 2 is 1.93 bits per heavy atom. The van der Waals surface area contributed by atoms with Crippen LogP contribution in [0.3, 0.4) is 0 Å². The first kappa shape index (κ1) is 20.4. The molecule has 1 unspecified atom stereocenters. The Labute approximate surface area is 161 Å². The van der Waals surface area contributed by atoms with E-state index in [0.717, 1.165) is 18.1 Å². The van der Waals surface area contributed by atoms with Crippen LogP contribution in [0.2, 0.25) is 0 Å². The molecule has 1 atom stereocenters. The summed E-state index contributed by atoms with van der Waals surface area (Å²) in [5, 5.41) is 9.22. The van der Waals surface area contributed by atoms with E-state index < -0.39 is 0 Å². The van der Waals surface area contributed by atoms with E-state index in [1.54, 1.807) is 12.3 Å². The molecule has 0 aliphatic heterocycles. The number of pyridine rings is 1. The minimum atomic E-state index is -0.0765. The lowest BCUT2D eigenvalue weighted by Crippen LogP contribution is -2.39. The predicted octanol–water partition coefficient (Wildman–Crippen LogP) is 3.08. The van der Waals surface area contributed by atoms with Crippen molar-refractivity contribution in [1.82, 2.24) is 15.6 Å². The first-order valence-corrected chi connectivity index (χ1v) is 9.38. The van der Waals surface area contributed by atoms with Gasteiger partial charge in [0.15, 0.2) is 5.96 Å². The molecule has 0 bridgehead atoms. The highest BCUT2D eigenvalue weighted by molar-refractivity contribution is 5.90. The molecular weight excluding hydrogens is 338 g/mol. The van der Waals surface area contributed by atoms with Gasteiger partial charge in [-0.25, -0.2) is 4.98 Å². The lowest BCUT2D eigenvalue weighted by Gasteiger charge is -2.13. The third kappa shape index (κ3) is 7.48. The van der Waals surface area contributed by atoms with Gasteiger partial charge in [-0.15, -0.1) is 0 Å². The SMILES string of the molecule is CCNC(=NCC(C)c1ccccc1)NCCC(=O)Nc1ccc(C)cn1. The maximum Gasteiger partial charge on any atom is 0.227 e. The van der Waals surface area contributed by atoms with Crippen molar-refractivity contribution in [3.05, 3.63) is 59.8 Å². The molecular formula is C21H29N5O. The molecule has 2 rings (SSSR count). The molecule has 144 valence electrons. The smallest absolute Gasteiger partial charge is 0.227 e. The summed E-state index contributed by atoms with van der Waals surface area (Å²) in [4.78, 5) is 20.8. The summed E-state index contributed by atoms with van der Waals surface area (Å²) in [5.74, 6) is 1.55. The fourth-order valence-corrected chi connectivity index (χ4v) is 2.50. The molecule has 1 heterocycles. The summed E-state index contributed by atoms with van der Waals surface area (Å²) < 4.78 is 0. The van der Waals surface area contributed by atoms with Gasteiger partial charge in [0, 0.05) is 38.2 Å². The number of rotatable bonds is 8. The van der Waals surface area contributed by atoms with E-state index in [2.05, 4.69) is 45.0 Å². The van der Waals surface area contributed by atoms with Crippen molar-refractivity contribution in [2.45, 2.75) is 33.1 Å². The Morgan fingerprint density at radius 1 is 1.15 bits per heavy atom. The highest BCUT2D eigenvalue weighted by Gasteiger charge is 2.06. The van der Waals surface area contributed by atoms with Crippen LogP contribution in [-0.2, 0) is 4.79 Å². The van der Waals surface area contributed by atoms with Crippen molar-refractivity contribution in [3.8, 4) is 0 Å². The van der Waals surface area contributed by atoms with Gasteiger partial charge in [0.2, 0.25) is 5.91 Å². The molecule has 6 nitrogen and oxygen atoms in total. The summed E-state index contributed by atoms with van der Waals surface area (Å²) in [6.45, 7) is 8.09. The van der Waals surface area contributed by atoms with Crippen molar-refractivity contribution >= 4 is 17.7 Å². The third-order valence-electron chi connectivity index (χ3n) is 4.06. The Morgan fingerprint density at radius 3 is 2.59 bits per heavy atom. The highest BCUT2D eigenvalue weighted by atomic mass is 16.1. The Hall–Kier alpha value is -2.89. The number of hydrogen-bond acceptors (Lipinski definition) is 3. The molecule has 1 aromatic heterocycles. The summed E-state index contributed by atoms with van der Waals surface area (Å²) >= 11 is 0. The summed E-state index contributed by atoms with van der Waals surface area (Å²) in [6.07, 6.45) is 2.08. The topological polar surface area (TPSA) is 78.4 Å². The second kappa shape index (κ2) is 11.0. The molecule has 0 aliphatic carbocycles. The molecule has 0 saturated carbocycles. The first-order chi connectivity index (χ1) is 13.1. The zero-order valence-corrected chi connectivity index (χ0v) is 16.3. The number of aliphatic imine (C=N–C) groups is 1. The molecule has 0 aliphatic rings. The number of hydrogen-bond donors (Lipinski definition) is 3. The molecule has 0 fully saturated rings. The largest absolute Gasteiger partial charge is 0.357 e. The summed E-state index contributed by atoms with van der Waals surface area (Å²) in [6, 6.07) is 14.1.